The summed E-state index contributed by atoms with van der Waals surface area (Å²) < 4.78 is 0. The first-order valence-corrected chi connectivity index (χ1v) is 19.7. The Labute approximate surface area is 277 Å². The van der Waals surface area contributed by atoms with E-state index in [0.29, 0.717) is 48.7 Å². The molecule has 2 amide bonds. The van der Waals surface area contributed by atoms with Crippen LogP contribution in [0.15, 0.2) is 48.5 Å². The van der Waals surface area contributed by atoms with Crippen LogP contribution in [-0.4, -0.2) is 81.6 Å². The monoisotopic (exact) mass is 680 g/mol. The fourth-order valence-electron chi connectivity index (χ4n) is 4.49. The number of carbonyl (C=O) groups excluding carboxylic acids is 2. The van der Waals surface area contributed by atoms with Crippen molar-refractivity contribution >= 4 is 68.9 Å². The highest BCUT2D eigenvalue weighted by molar-refractivity contribution is 8.76. The van der Waals surface area contributed by atoms with Crippen LogP contribution in [0.3, 0.4) is 0 Å². The van der Waals surface area contributed by atoms with E-state index in [1.54, 1.807) is 0 Å². The molecule has 8 nitrogen and oxygen atoms in total. The molecule has 2 aromatic rings. The van der Waals surface area contributed by atoms with E-state index in [1.165, 1.54) is 45.1 Å². The number of carbonyl (C=O) groups is 4. The molecule has 0 radical (unpaired) electrons. The third-order valence-corrected chi connectivity index (χ3v) is 11.1. The molecule has 12 heteroatoms. The third-order valence-electron chi connectivity index (χ3n) is 7.27. The summed E-state index contributed by atoms with van der Waals surface area (Å²) in [6, 6.07) is 13.8. The predicted octanol–water partition coefficient (Wildman–Crippen LogP) is 5.35. The normalized spacial score (nSPS) is 13.8. The van der Waals surface area contributed by atoms with Crippen molar-refractivity contribution in [1.29, 1.82) is 0 Å². The highest BCUT2D eigenvalue weighted by atomic mass is 33.1. The summed E-state index contributed by atoms with van der Waals surface area (Å²) in [5.74, 6) is -1.58. The second kappa shape index (κ2) is 20.7. The lowest BCUT2D eigenvalue weighted by Crippen LogP contribution is -2.45. The molecule has 0 spiro atoms. The average molecular weight is 681 g/mol. The highest BCUT2D eigenvalue weighted by Gasteiger charge is 2.28. The molecule has 4 N–H and O–H groups in total. The SMILES string of the molecule is CSCCC(NC(=O)[C@@H](CSSC[C@@H](Cc1ccccc1C)C(=O)N[C@@H](CCSC)C(=O)O)Cc1ccccc1C)C(=O)O. The van der Waals surface area contributed by atoms with E-state index in [0.717, 1.165) is 22.3 Å². The smallest absolute Gasteiger partial charge is 0.326 e. The molecule has 0 bridgehead atoms. The number of nitrogens with one attached hydrogen (secondary N) is 2. The summed E-state index contributed by atoms with van der Waals surface area (Å²) in [5.41, 5.74) is 4.17. The van der Waals surface area contributed by atoms with Gasteiger partial charge in [0.15, 0.2) is 0 Å². The van der Waals surface area contributed by atoms with Gasteiger partial charge in [-0.15, -0.1) is 0 Å². The summed E-state index contributed by atoms with van der Waals surface area (Å²) >= 11 is 3.06. The molecule has 0 aliphatic rings. The molecule has 2 aromatic carbocycles. The van der Waals surface area contributed by atoms with E-state index in [1.807, 2.05) is 74.9 Å². The molecule has 0 heterocycles. The summed E-state index contributed by atoms with van der Waals surface area (Å²) in [6.45, 7) is 3.98. The van der Waals surface area contributed by atoms with Crippen LogP contribution in [0.5, 0.6) is 0 Å². The second-order valence-electron chi connectivity index (χ2n) is 10.6. The van der Waals surface area contributed by atoms with Crippen molar-refractivity contribution in [2.24, 2.45) is 11.8 Å². The number of hydrogen-bond donors (Lipinski definition) is 4. The number of amides is 2. The maximum Gasteiger partial charge on any atom is 0.326 e. The van der Waals surface area contributed by atoms with Gasteiger partial charge >= 0.3 is 11.9 Å². The lowest BCUT2D eigenvalue weighted by molar-refractivity contribution is -0.142. The first-order chi connectivity index (χ1) is 21.1. The molecule has 1 unspecified atom stereocenters. The Kier molecular flexibility index (Phi) is 17.8. The number of thioether (sulfide) groups is 2. The van der Waals surface area contributed by atoms with Gasteiger partial charge in [-0.25, -0.2) is 9.59 Å². The van der Waals surface area contributed by atoms with Gasteiger partial charge in [-0.1, -0.05) is 70.1 Å². The molecule has 0 saturated carbocycles. The molecule has 44 heavy (non-hydrogen) atoms. The fraction of sp³-hybridized carbons (Fsp3) is 0.500. The van der Waals surface area contributed by atoms with Gasteiger partial charge in [-0.2, -0.15) is 23.5 Å². The van der Waals surface area contributed by atoms with E-state index in [2.05, 4.69) is 10.6 Å². The second-order valence-corrected chi connectivity index (χ2v) is 15.1. The Morgan fingerprint density at radius 1 is 0.659 bits per heavy atom. The van der Waals surface area contributed by atoms with E-state index in [-0.39, 0.29) is 11.8 Å². The fourth-order valence-corrected chi connectivity index (χ4v) is 8.05. The van der Waals surface area contributed by atoms with Crippen molar-refractivity contribution in [3.63, 3.8) is 0 Å². The highest BCUT2D eigenvalue weighted by Crippen LogP contribution is 2.30. The van der Waals surface area contributed by atoms with Crippen LogP contribution in [0.2, 0.25) is 0 Å². The molecule has 0 aromatic heterocycles. The molecule has 4 atom stereocenters. The minimum Gasteiger partial charge on any atom is -0.480 e. The van der Waals surface area contributed by atoms with Crippen molar-refractivity contribution in [2.45, 2.75) is 51.6 Å². The minimum atomic E-state index is -1.05. The standard InChI is InChI=1S/C32H44N2O6S4/c1-21-9-5-7-11-23(21)17-25(29(35)33-27(31(37)38)13-15-41-3)19-43-44-20-26(18-24-12-8-6-10-22(24)2)30(36)34-28(32(39)40)14-16-42-4/h5-12,25-28H,13-20H2,1-4H3,(H,33,35)(H,34,36)(H,37,38)(H,39,40)/t25-,26-,27+,28?/m1/s1. The number of rotatable bonds is 21. The summed E-state index contributed by atoms with van der Waals surface area (Å²) in [5, 5.41) is 24.8. The van der Waals surface area contributed by atoms with E-state index < -0.39 is 35.9 Å². The number of aliphatic carboxylic acids is 2. The number of carboxylic acids is 2. The molecular formula is C32H44N2O6S4. The Morgan fingerprint density at radius 2 is 1.02 bits per heavy atom. The number of carboxylic acid groups (broad SMARTS) is 2. The summed E-state index contributed by atoms with van der Waals surface area (Å²) in [4.78, 5) is 50.4. The Hall–Kier alpha value is -2.28. The van der Waals surface area contributed by atoms with E-state index in [9.17, 15) is 29.4 Å². The summed E-state index contributed by atoms with van der Waals surface area (Å²) in [6.07, 6.45) is 5.40. The summed E-state index contributed by atoms with van der Waals surface area (Å²) in [7, 11) is 2.94. The van der Waals surface area contributed by atoms with Crippen LogP contribution in [0.25, 0.3) is 0 Å². The van der Waals surface area contributed by atoms with Crippen LogP contribution in [0, 0.1) is 25.7 Å². The van der Waals surface area contributed by atoms with Gasteiger partial charge in [0.1, 0.15) is 12.1 Å². The lowest BCUT2D eigenvalue weighted by Gasteiger charge is -2.22. The van der Waals surface area contributed by atoms with Crippen molar-refractivity contribution in [3.8, 4) is 0 Å². The molecule has 242 valence electrons. The first kappa shape index (κ1) is 37.9. The number of aryl methyl sites for hydroxylation is 2. The Balaban J connectivity index is 2.16. The Bertz CT molecular complexity index is 1140. The van der Waals surface area contributed by atoms with Gasteiger partial charge in [0.2, 0.25) is 11.8 Å². The maximum absolute atomic E-state index is 13.4. The van der Waals surface area contributed by atoms with E-state index in [4.69, 9.17) is 0 Å². The van der Waals surface area contributed by atoms with Crippen molar-refractivity contribution < 1.29 is 29.4 Å². The molecule has 0 aliphatic carbocycles. The van der Waals surface area contributed by atoms with Gasteiger partial charge in [0.25, 0.3) is 0 Å². The van der Waals surface area contributed by atoms with Gasteiger partial charge in [-0.05, 0) is 85.8 Å². The van der Waals surface area contributed by atoms with Crippen molar-refractivity contribution in [1.82, 2.24) is 10.6 Å². The molecule has 2 rings (SSSR count). The zero-order valence-electron chi connectivity index (χ0n) is 25.7. The maximum atomic E-state index is 13.4. The molecular weight excluding hydrogens is 637 g/mol. The van der Waals surface area contributed by atoms with Gasteiger partial charge in [-0.3, -0.25) is 9.59 Å². The van der Waals surface area contributed by atoms with Gasteiger partial charge in [0.05, 0.1) is 11.8 Å². The van der Waals surface area contributed by atoms with Crippen molar-refractivity contribution in [2.75, 3.05) is 35.5 Å². The predicted molar refractivity (Wildman–Crippen MR) is 187 cm³/mol. The molecule has 0 fully saturated rings. The minimum absolute atomic E-state index is 0.304. The van der Waals surface area contributed by atoms with Crippen LogP contribution < -0.4 is 10.6 Å². The van der Waals surface area contributed by atoms with Gasteiger partial charge in [0, 0.05) is 11.5 Å². The zero-order valence-corrected chi connectivity index (χ0v) is 29.0. The molecule has 0 aliphatic heterocycles. The van der Waals surface area contributed by atoms with Gasteiger partial charge < -0.3 is 20.8 Å². The number of benzene rings is 2. The lowest BCUT2D eigenvalue weighted by atomic mass is 9.96. The molecule has 0 saturated heterocycles. The van der Waals surface area contributed by atoms with Crippen LogP contribution in [0.1, 0.15) is 35.1 Å². The van der Waals surface area contributed by atoms with Crippen molar-refractivity contribution in [3.05, 3.63) is 70.8 Å². The first-order valence-electron chi connectivity index (χ1n) is 14.4. The topological polar surface area (TPSA) is 133 Å². The Morgan fingerprint density at radius 3 is 1.34 bits per heavy atom. The third kappa shape index (κ3) is 13.4. The van der Waals surface area contributed by atoms with E-state index >= 15 is 0 Å². The average Bonchev–Trinajstić information content (AvgIpc) is 2.99. The van der Waals surface area contributed by atoms with Crippen LogP contribution in [0.4, 0.5) is 0 Å². The van der Waals surface area contributed by atoms with Crippen LogP contribution in [-0.2, 0) is 32.0 Å². The number of hydrogen-bond acceptors (Lipinski definition) is 8. The largest absolute Gasteiger partial charge is 0.480 e. The quantitative estimate of drug-likeness (QED) is 0.101. The van der Waals surface area contributed by atoms with Crippen LogP contribution >= 0.6 is 45.1 Å². The zero-order chi connectivity index (χ0) is 32.5.